The van der Waals surface area contributed by atoms with Gasteiger partial charge in [-0.3, -0.25) is 0 Å². The minimum Gasteiger partial charge on any atom is -0.379 e. The third-order valence-electron chi connectivity index (χ3n) is 2.62. The molecule has 22 heavy (non-hydrogen) atoms. The first-order valence-electron chi connectivity index (χ1n) is 5.84. The summed E-state index contributed by atoms with van der Waals surface area (Å²) in [5.41, 5.74) is -0.931. The average Bonchev–Trinajstić information content (AvgIpc) is 2.46. The molecule has 0 N–H and O–H groups in total. The highest BCUT2D eigenvalue weighted by Gasteiger charge is 2.31. The van der Waals surface area contributed by atoms with Crippen LogP contribution in [-0.2, 0) is 16.3 Å². The molecule has 114 valence electrons. The minimum absolute atomic E-state index is 0.0914. The summed E-state index contributed by atoms with van der Waals surface area (Å²) < 4.78 is 66.5. The van der Waals surface area contributed by atoms with E-state index >= 15 is 0 Å². The van der Waals surface area contributed by atoms with Crippen molar-refractivity contribution in [2.24, 2.45) is 0 Å². The Morgan fingerprint density at radius 2 is 1.73 bits per heavy atom. The van der Waals surface area contributed by atoms with Crippen molar-refractivity contribution in [2.75, 3.05) is 0 Å². The zero-order chi connectivity index (χ0) is 16.4. The fourth-order valence-electron chi connectivity index (χ4n) is 1.62. The largest absolute Gasteiger partial charge is 0.416 e. The van der Waals surface area contributed by atoms with Gasteiger partial charge < -0.3 is 4.18 Å². The van der Waals surface area contributed by atoms with Gasteiger partial charge in [0, 0.05) is 0 Å². The predicted molar refractivity (Wildman–Crippen MR) is 70.4 cm³/mol. The number of benzene rings is 2. The Balaban J connectivity index is 2.35. The van der Waals surface area contributed by atoms with E-state index in [2.05, 4.69) is 4.18 Å². The molecule has 0 amide bonds. The highest BCUT2D eigenvalue weighted by Crippen LogP contribution is 2.32. The molecule has 0 unspecified atom stereocenters. The van der Waals surface area contributed by atoms with Crippen molar-refractivity contribution in [2.45, 2.75) is 11.1 Å². The summed E-state index contributed by atoms with van der Waals surface area (Å²) in [5.74, 6) is -0.461. The highest BCUT2D eigenvalue weighted by molar-refractivity contribution is 7.87. The van der Waals surface area contributed by atoms with Crippen LogP contribution in [0.1, 0.15) is 11.1 Å². The van der Waals surface area contributed by atoms with Crippen LogP contribution in [0.3, 0.4) is 0 Å². The summed E-state index contributed by atoms with van der Waals surface area (Å²) in [6.45, 7) is 0. The van der Waals surface area contributed by atoms with Crippen LogP contribution < -0.4 is 4.18 Å². The summed E-state index contributed by atoms with van der Waals surface area (Å²) in [6.07, 6.45) is -4.61. The normalized spacial score (nSPS) is 11.7. The molecule has 0 saturated heterocycles. The zero-order valence-corrected chi connectivity index (χ0v) is 11.6. The molecule has 2 aromatic rings. The van der Waals surface area contributed by atoms with Gasteiger partial charge in [0.05, 0.1) is 17.2 Å². The van der Waals surface area contributed by atoms with Crippen LogP contribution in [0, 0.1) is 11.3 Å². The van der Waals surface area contributed by atoms with Crippen molar-refractivity contribution in [3.8, 4) is 11.8 Å². The van der Waals surface area contributed by atoms with Gasteiger partial charge in [-0.15, -0.1) is 0 Å². The second kappa shape index (κ2) is 5.69. The minimum atomic E-state index is -4.61. The molecule has 8 heteroatoms. The number of hydrogen-bond donors (Lipinski definition) is 0. The van der Waals surface area contributed by atoms with Gasteiger partial charge in [-0.2, -0.15) is 26.9 Å². The SMILES string of the molecule is N#Cc1cccc(S(=O)(=O)Oc2cccc(C(F)(F)F)c2)c1. The Labute approximate surface area is 124 Å². The molecule has 0 atom stereocenters. The number of alkyl halides is 3. The lowest BCUT2D eigenvalue weighted by atomic mass is 10.2. The number of nitriles is 1. The van der Waals surface area contributed by atoms with Gasteiger partial charge in [-0.05, 0) is 36.4 Å². The molecule has 0 fully saturated rings. The van der Waals surface area contributed by atoms with E-state index in [1.807, 2.05) is 0 Å². The van der Waals surface area contributed by atoms with Crippen molar-refractivity contribution in [1.82, 2.24) is 0 Å². The van der Waals surface area contributed by atoms with Gasteiger partial charge in [0.15, 0.2) is 0 Å². The molecule has 0 heterocycles. The second-order valence-corrected chi connectivity index (χ2v) is 5.75. The summed E-state index contributed by atoms with van der Waals surface area (Å²) >= 11 is 0. The van der Waals surface area contributed by atoms with Crippen LogP contribution in [0.2, 0.25) is 0 Å². The van der Waals surface area contributed by atoms with Crippen LogP contribution in [0.4, 0.5) is 13.2 Å². The summed E-state index contributed by atoms with van der Waals surface area (Å²) in [5, 5.41) is 8.73. The molecule has 2 rings (SSSR count). The van der Waals surface area contributed by atoms with Crippen molar-refractivity contribution < 1.29 is 25.8 Å². The van der Waals surface area contributed by atoms with E-state index in [1.165, 1.54) is 18.2 Å². The Morgan fingerprint density at radius 3 is 2.36 bits per heavy atom. The molecule has 0 aliphatic heterocycles. The zero-order valence-electron chi connectivity index (χ0n) is 10.8. The summed E-state index contributed by atoms with van der Waals surface area (Å²) in [7, 11) is -4.33. The van der Waals surface area contributed by atoms with Crippen LogP contribution in [0.5, 0.6) is 5.75 Å². The van der Waals surface area contributed by atoms with Gasteiger partial charge in [-0.25, -0.2) is 0 Å². The number of halogens is 3. The van der Waals surface area contributed by atoms with E-state index < -0.39 is 27.6 Å². The quantitative estimate of drug-likeness (QED) is 0.811. The molecule has 0 radical (unpaired) electrons. The lowest BCUT2D eigenvalue weighted by molar-refractivity contribution is -0.137. The van der Waals surface area contributed by atoms with Crippen molar-refractivity contribution in [1.29, 1.82) is 5.26 Å². The summed E-state index contributed by atoms with van der Waals surface area (Å²) in [4.78, 5) is -0.316. The van der Waals surface area contributed by atoms with Gasteiger partial charge in [0.1, 0.15) is 10.6 Å². The number of hydrogen-bond acceptors (Lipinski definition) is 4. The van der Waals surface area contributed by atoms with Gasteiger partial charge >= 0.3 is 16.3 Å². The maximum absolute atomic E-state index is 12.6. The molecular formula is C14H8F3NO3S. The molecule has 0 saturated carbocycles. The van der Waals surface area contributed by atoms with E-state index in [0.717, 1.165) is 24.3 Å². The maximum atomic E-state index is 12.6. The van der Waals surface area contributed by atoms with Crippen LogP contribution in [0.15, 0.2) is 53.4 Å². The smallest absolute Gasteiger partial charge is 0.379 e. The van der Waals surface area contributed by atoms with Crippen LogP contribution in [0.25, 0.3) is 0 Å². The fraction of sp³-hybridized carbons (Fsp3) is 0.0714. The molecule has 0 spiro atoms. The van der Waals surface area contributed by atoms with Crippen LogP contribution >= 0.6 is 0 Å². The fourth-order valence-corrected chi connectivity index (χ4v) is 2.59. The Morgan fingerprint density at radius 1 is 1.05 bits per heavy atom. The molecule has 0 aliphatic carbocycles. The molecule has 0 aliphatic rings. The molecule has 2 aromatic carbocycles. The Bertz CT molecular complexity index is 839. The first-order valence-corrected chi connectivity index (χ1v) is 7.25. The maximum Gasteiger partial charge on any atom is 0.416 e. The van der Waals surface area contributed by atoms with Gasteiger partial charge in [-0.1, -0.05) is 12.1 Å². The van der Waals surface area contributed by atoms with E-state index in [-0.39, 0.29) is 10.5 Å². The first-order chi connectivity index (χ1) is 10.2. The summed E-state index contributed by atoms with van der Waals surface area (Å²) in [6, 6.07) is 10.3. The van der Waals surface area contributed by atoms with E-state index in [4.69, 9.17) is 5.26 Å². The van der Waals surface area contributed by atoms with E-state index in [0.29, 0.717) is 6.07 Å². The van der Waals surface area contributed by atoms with Gasteiger partial charge in [0.25, 0.3) is 0 Å². The van der Waals surface area contributed by atoms with Crippen LogP contribution in [-0.4, -0.2) is 8.42 Å². The second-order valence-electron chi connectivity index (χ2n) is 4.20. The molecular weight excluding hydrogens is 319 g/mol. The van der Waals surface area contributed by atoms with Gasteiger partial charge in [0.2, 0.25) is 0 Å². The molecule has 0 aromatic heterocycles. The Hall–Kier alpha value is -2.53. The Kier molecular flexibility index (Phi) is 4.10. The topological polar surface area (TPSA) is 67.2 Å². The predicted octanol–water partition coefficient (Wildman–Crippen LogP) is 3.34. The third-order valence-corrected chi connectivity index (χ3v) is 3.86. The molecule has 0 bridgehead atoms. The van der Waals surface area contributed by atoms with E-state index in [1.54, 1.807) is 6.07 Å². The monoisotopic (exact) mass is 327 g/mol. The van der Waals surface area contributed by atoms with Crippen molar-refractivity contribution in [3.63, 3.8) is 0 Å². The third kappa shape index (κ3) is 3.56. The lowest BCUT2D eigenvalue weighted by Gasteiger charge is -2.10. The van der Waals surface area contributed by atoms with Crippen molar-refractivity contribution >= 4 is 10.1 Å². The average molecular weight is 327 g/mol. The standard InChI is InChI=1S/C14H8F3NO3S/c15-14(16,17)11-4-2-5-12(8-11)21-22(19,20)13-6-1-3-10(7-13)9-18/h1-8H. The molecule has 4 nitrogen and oxygen atoms in total. The van der Waals surface area contributed by atoms with Crippen molar-refractivity contribution in [3.05, 3.63) is 59.7 Å². The highest BCUT2D eigenvalue weighted by atomic mass is 32.2. The lowest BCUT2D eigenvalue weighted by Crippen LogP contribution is -2.11. The van der Waals surface area contributed by atoms with E-state index in [9.17, 15) is 21.6 Å². The number of rotatable bonds is 3. The first kappa shape index (κ1) is 15.9. The number of nitrogens with zero attached hydrogens (tertiary/aromatic N) is 1.